The molecular weight excluding hydrogens is 278 g/mol. The van der Waals surface area contributed by atoms with Crippen LogP contribution in [-0.4, -0.2) is 30.5 Å². The molecule has 112 valence electrons. The highest BCUT2D eigenvalue weighted by Gasteiger charge is 2.22. The van der Waals surface area contributed by atoms with Crippen LogP contribution < -0.4 is 14.8 Å². The van der Waals surface area contributed by atoms with Crippen molar-refractivity contribution < 1.29 is 14.6 Å². The van der Waals surface area contributed by atoms with Crippen molar-refractivity contribution in [2.24, 2.45) is 0 Å². The van der Waals surface area contributed by atoms with Crippen LogP contribution in [0.25, 0.3) is 0 Å². The minimum absolute atomic E-state index is 0.196. The Morgan fingerprint density at radius 3 is 2.65 bits per heavy atom. The lowest BCUT2D eigenvalue weighted by Crippen LogP contribution is -2.28. The lowest BCUT2D eigenvalue weighted by molar-refractivity contribution is 0.0272. The van der Waals surface area contributed by atoms with Crippen molar-refractivity contribution >= 4 is 11.6 Å². The molecule has 1 aromatic carbocycles. The average Bonchev–Trinajstić information content (AvgIpc) is 3.17. The van der Waals surface area contributed by atoms with Gasteiger partial charge in [-0.2, -0.15) is 0 Å². The smallest absolute Gasteiger partial charge is 0.165 e. The molecule has 0 atom stereocenters. The Kier molecular flexibility index (Phi) is 4.78. The molecule has 2 rings (SSSR count). The lowest BCUT2D eigenvalue weighted by atomic mass is 10.1. The van der Waals surface area contributed by atoms with E-state index in [-0.39, 0.29) is 6.61 Å². The van der Waals surface area contributed by atoms with Crippen molar-refractivity contribution in [1.29, 1.82) is 0 Å². The van der Waals surface area contributed by atoms with Crippen molar-refractivity contribution in [2.75, 3.05) is 13.7 Å². The summed E-state index contributed by atoms with van der Waals surface area (Å²) in [4.78, 5) is 0. The molecule has 0 bridgehead atoms. The van der Waals surface area contributed by atoms with E-state index in [1.54, 1.807) is 27.0 Å². The predicted molar refractivity (Wildman–Crippen MR) is 79.7 cm³/mol. The number of nitrogens with one attached hydrogen (secondary N) is 1. The van der Waals surface area contributed by atoms with Gasteiger partial charge in [0, 0.05) is 29.2 Å². The van der Waals surface area contributed by atoms with Gasteiger partial charge in [-0.3, -0.25) is 0 Å². The third-order valence-corrected chi connectivity index (χ3v) is 3.26. The Morgan fingerprint density at radius 2 is 2.10 bits per heavy atom. The molecule has 4 nitrogen and oxygen atoms in total. The van der Waals surface area contributed by atoms with Gasteiger partial charge in [-0.15, -0.1) is 0 Å². The van der Waals surface area contributed by atoms with Crippen molar-refractivity contribution in [3.63, 3.8) is 0 Å². The number of ether oxygens (including phenoxy) is 2. The van der Waals surface area contributed by atoms with E-state index in [1.165, 1.54) is 12.8 Å². The van der Waals surface area contributed by atoms with Gasteiger partial charge in [0.25, 0.3) is 0 Å². The fourth-order valence-electron chi connectivity index (χ4n) is 1.86. The van der Waals surface area contributed by atoms with Gasteiger partial charge in [0.05, 0.1) is 12.7 Å². The van der Waals surface area contributed by atoms with Crippen LogP contribution in [0.15, 0.2) is 12.1 Å². The van der Waals surface area contributed by atoms with Crippen LogP contribution in [0.5, 0.6) is 11.5 Å². The molecule has 0 spiro atoms. The molecule has 1 saturated carbocycles. The van der Waals surface area contributed by atoms with E-state index >= 15 is 0 Å². The fourth-order valence-corrected chi connectivity index (χ4v) is 2.09. The standard InChI is InChI=1S/C15H22ClNO3/c1-15(2,18)9-20-14-10(8-17-12-4-5-12)6-11(16)7-13(14)19-3/h6-7,12,17-18H,4-5,8-9H2,1-3H3. The second-order valence-corrected chi connectivity index (χ2v) is 6.29. The zero-order valence-electron chi connectivity index (χ0n) is 12.2. The lowest BCUT2D eigenvalue weighted by Gasteiger charge is -2.21. The van der Waals surface area contributed by atoms with Crippen LogP contribution >= 0.6 is 11.6 Å². The molecule has 2 N–H and O–H groups in total. The molecule has 0 saturated heterocycles. The van der Waals surface area contributed by atoms with E-state index in [2.05, 4.69) is 5.32 Å². The maximum Gasteiger partial charge on any atom is 0.165 e. The van der Waals surface area contributed by atoms with Crippen LogP contribution in [-0.2, 0) is 6.54 Å². The van der Waals surface area contributed by atoms with Gasteiger partial charge in [0.15, 0.2) is 11.5 Å². The average molecular weight is 300 g/mol. The second kappa shape index (κ2) is 6.20. The molecular formula is C15H22ClNO3. The van der Waals surface area contributed by atoms with E-state index in [9.17, 15) is 5.11 Å². The SMILES string of the molecule is COc1cc(Cl)cc(CNC2CC2)c1OCC(C)(C)O. The highest BCUT2D eigenvalue weighted by atomic mass is 35.5. The summed E-state index contributed by atoms with van der Waals surface area (Å²) in [6, 6.07) is 4.20. The Bertz CT molecular complexity index is 467. The normalized spacial score (nSPS) is 15.2. The summed E-state index contributed by atoms with van der Waals surface area (Å²) >= 11 is 6.11. The van der Waals surface area contributed by atoms with Crippen molar-refractivity contribution in [3.8, 4) is 11.5 Å². The number of benzene rings is 1. The van der Waals surface area contributed by atoms with Crippen molar-refractivity contribution in [1.82, 2.24) is 5.32 Å². The van der Waals surface area contributed by atoms with Gasteiger partial charge in [0.1, 0.15) is 6.61 Å². The number of hydrogen-bond donors (Lipinski definition) is 2. The summed E-state index contributed by atoms with van der Waals surface area (Å²) in [5.74, 6) is 1.24. The molecule has 20 heavy (non-hydrogen) atoms. The molecule has 0 aromatic heterocycles. The Balaban J connectivity index is 2.18. The number of methoxy groups -OCH3 is 1. The van der Waals surface area contributed by atoms with Gasteiger partial charge in [-0.05, 0) is 32.8 Å². The fraction of sp³-hybridized carbons (Fsp3) is 0.600. The Morgan fingerprint density at radius 1 is 1.40 bits per heavy atom. The number of aliphatic hydroxyl groups is 1. The molecule has 5 heteroatoms. The van der Waals surface area contributed by atoms with E-state index in [0.29, 0.717) is 29.1 Å². The minimum atomic E-state index is -0.897. The summed E-state index contributed by atoms with van der Waals surface area (Å²) in [5.41, 5.74) is 0.0526. The molecule has 0 radical (unpaired) electrons. The number of halogens is 1. The number of rotatable bonds is 7. The van der Waals surface area contributed by atoms with E-state index in [1.807, 2.05) is 6.07 Å². The van der Waals surface area contributed by atoms with Crippen LogP contribution in [0.1, 0.15) is 32.3 Å². The summed E-state index contributed by atoms with van der Waals surface area (Å²) in [6.07, 6.45) is 2.44. The summed E-state index contributed by atoms with van der Waals surface area (Å²) in [7, 11) is 1.58. The van der Waals surface area contributed by atoms with Gasteiger partial charge >= 0.3 is 0 Å². The van der Waals surface area contributed by atoms with Crippen LogP contribution in [0.3, 0.4) is 0 Å². The first-order chi connectivity index (χ1) is 9.39. The summed E-state index contributed by atoms with van der Waals surface area (Å²) in [5, 5.41) is 13.9. The van der Waals surface area contributed by atoms with Crippen LogP contribution in [0, 0.1) is 0 Å². The topological polar surface area (TPSA) is 50.7 Å². The largest absolute Gasteiger partial charge is 0.493 e. The molecule has 0 amide bonds. The zero-order chi connectivity index (χ0) is 14.8. The molecule has 1 aliphatic rings. The second-order valence-electron chi connectivity index (χ2n) is 5.85. The zero-order valence-corrected chi connectivity index (χ0v) is 13.0. The highest BCUT2D eigenvalue weighted by molar-refractivity contribution is 6.30. The molecule has 1 aliphatic carbocycles. The molecule has 1 aromatic rings. The Hall–Kier alpha value is -0.970. The van der Waals surface area contributed by atoms with Gasteiger partial charge < -0.3 is 19.9 Å². The molecule has 0 aliphatic heterocycles. The quantitative estimate of drug-likeness (QED) is 0.813. The van der Waals surface area contributed by atoms with Crippen molar-refractivity contribution in [3.05, 3.63) is 22.7 Å². The Labute approximate surface area is 125 Å². The number of hydrogen-bond acceptors (Lipinski definition) is 4. The predicted octanol–water partition coefficient (Wildman–Crippen LogP) is 2.75. The maximum absolute atomic E-state index is 9.81. The van der Waals surface area contributed by atoms with Crippen LogP contribution in [0.4, 0.5) is 0 Å². The first-order valence-corrected chi connectivity index (χ1v) is 7.22. The summed E-state index contributed by atoms with van der Waals surface area (Å²) < 4.78 is 11.1. The van der Waals surface area contributed by atoms with E-state index < -0.39 is 5.60 Å². The van der Waals surface area contributed by atoms with Gasteiger partial charge in [-0.1, -0.05) is 11.6 Å². The first kappa shape index (κ1) is 15.4. The van der Waals surface area contributed by atoms with Gasteiger partial charge in [-0.25, -0.2) is 0 Å². The molecule has 0 unspecified atom stereocenters. The third-order valence-electron chi connectivity index (χ3n) is 3.04. The highest BCUT2D eigenvalue weighted by Crippen LogP contribution is 2.35. The van der Waals surface area contributed by atoms with E-state index in [0.717, 1.165) is 5.56 Å². The van der Waals surface area contributed by atoms with E-state index in [4.69, 9.17) is 21.1 Å². The molecule has 1 fully saturated rings. The van der Waals surface area contributed by atoms with Crippen LogP contribution in [0.2, 0.25) is 5.02 Å². The van der Waals surface area contributed by atoms with Gasteiger partial charge in [0.2, 0.25) is 0 Å². The maximum atomic E-state index is 9.81. The minimum Gasteiger partial charge on any atom is -0.493 e. The summed E-state index contributed by atoms with van der Waals surface area (Å²) in [6.45, 7) is 4.29. The third kappa shape index (κ3) is 4.54. The molecule has 0 heterocycles. The van der Waals surface area contributed by atoms with Crippen molar-refractivity contribution in [2.45, 2.75) is 44.9 Å². The monoisotopic (exact) mass is 299 g/mol. The first-order valence-electron chi connectivity index (χ1n) is 6.84.